The zero-order valence-electron chi connectivity index (χ0n) is 8.21. The summed E-state index contributed by atoms with van der Waals surface area (Å²) in [5, 5.41) is 0. The van der Waals surface area contributed by atoms with Crippen LogP contribution in [0.4, 0.5) is 0 Å². The van der Waals surface area contributed by atoms with Gasteiger partial charge in [0.2, 0.25) is 0 Å². The first kappa shape index (κ1) is 10.2. The predicted molar refractivity (Wildman–Crippen MR) is 64.0 cm³/mol. The third kappa shape index (κ3) is 2.80. The van der Waals surface area contributed by atoms with Gasteiger partial charge in [0.1, 0.15) is 0 Å². The molecule has 2 fully saturated rings. The fourth-order valence-electron chi connectivity index (χ4n) is 2.48. The van der Waals surface area contributed by atoms with Crippen LogP contribution < -0.4 is 0 Å². The number of hydrogen-bond donors (Lipinski definition) is 0. The molecular formula is C10H19IN2. The average molecular weight is 294 g/mol. The van der Waals surface area contributed by atoms with E-state index < -0.39 is 0 Å². The summed E-state index contributed by atoms with van der Waals surface area (Å²) in [4.78, 5) is 2.73. The Balaban J connectivity index is 1.79. The van der Waals surface area contributed by atoms with Gasteiger partial charge in [-0.2, -0.15) is 0 Å². The smallest absolute Gasteiger partial charge is 0.0201 e. The summed E-state index contributed by atoms with van der Waals surface area (Å²) in [6, 6.07) is 0.909. The molecular weight excluding hydrogens is 275 g/mol. The van der Waals surface area contributed by atoms with Crippen LogP contribution in [0.1, 0.15) is 32.1 Å². The molecule has 2 aliphatic heterocycles. The standard InChI is InChI=1S/C10H19IN2/c11-13-8-4-10(5-9-13)12-6-2-1-3-7-12/h10H,1-9H2. The molecule has 76 valence electrons. The minimum atomic E-state index is 0.909. The van der Waals surface area contributed by atoms with E-state index >= 15 is 0 Å². The number of hydrogen-bond acceptors (Lipinski definition) is 2. The van der Waals surface area contributed by atoms with Gasteiger partial charge in [0.25, 0.3) is 0 Å². The van der Waals surface area contributed by atoms with Gasteiger partial charge in [0.05, 0.1) is 0 Å². The third-order valence-electron chi connectivity index (χ3n) is 3.32. The molecule has 13 heavy (non-hydrogen) atoms. The number of piperidine rings is 2. The molecule has 2 saturated heterocycles. The molecule has 0 saturated carbocycles. The Hall–Kier alpha value is 0.650. The van der Waals surface area contributed by atoms with Crippen LogP contribution in [-0.2, 0) is 0 Å². The van der Waals surface area contributed by atoms with Crippen LogP contribution in [0, 0.1) is 0 Å². The lowest BCUT2D eigenvalue weighted by Gasteiger charge is -2.38. The lowest BCUT2D eigenvalue weighted by Crippen LogP contribution is -2.44. The van der Waals surface area contributed by atoms with Crippen molar-refractivity contribution in [3.63, 3.8) is 0 Å². The maximum atomic E-state index is 2.73. The molecule has 3 heteroatoms. The molecule has 0 N–H and O–H groups in total. The van der Waals surface area contributed by atoms with Gasteiger partial charge in [-0.25, -0.2) is 3.11 Å². The molecule has 0 aromatic rings. The van der Waals surface area contributed by atoms with Gasteiger partial charge in [0, 0.05) is 42.0 Å². The summed E-state index contributed by atoms with van der Waals surface area (Å²) < 4.78 is 2.43. The highest BCUT2D eigenvalue weighted by molar-refractivity contribution is 14.1. The topological polar surface area (TPSA) is 6.48 Å². The third-order valence-corrected chi connectivity index (χ3v) is 4.28. The molecule has 0 unspecified atom stereocenters. The van der Waals surface area contributed by atoms with Crippen molar-refractivity contribution in [2.75, 3.05) is 26.2 Å². The summed E-state index contributed by atoms with van der Waals surface area (Å²) in [5.74, 6) is 0. The molecule has 0 aliphatic carbocycles. The van der Waals surface area contributed by atoms with Crippen molar-refractivity contribution >= 4 is 22.9 Å². The van der Waals surface area contributed by atoms with E-state index in [1.165, 1.54) is 58.3 Å². The van der Waals surface area contributed by atoms with Crippen molar-refractivity contribution in [3.8, 4) is 0 Å². The van der Waals surface area contributed by atoms with Crippen molar-refractivity contribution in [1.82, 2.24) is 8.01 Å². The van der Waals surface area contributed by atoms with E-state index in [0.717, 1.165) is 6.04 Å². The zero-order valence-corrected chi connectivity index (χ0v) is 10.4. The molecule has 2 aliphatic rings. The van der Waals surface area contributed by atoms with Crippen molar-refractivity contribution in [3.05, 3.63) is 0 Å². The van der Waals surface area contributed by atoms with Crippen LogP contribution in [-0.4, -0.2) is 40.2 Å². The summed E-state index contributed by atoms with van der Waals surface area (Å²) in [6.45, 7) is 5.32. The van der Waals surface area contributed by atoms with E-state index in [-0.39, 0.29) is 0 Å². The van der Waals surface area contributed by atoms with Gasteiger partial charge in [-0.05, 0) is 38.8 Å². The van der Waals surface area contributed by atoms with Crippen LogP contribution in [0.3, 0.4) is 0 Å². The van der Waals surface area contributed by atoms with Crippen LogP contribution in [0.15, 0.2) is 0 Å². The van der Waals surface area contributed by atoms with Crippen LogP contribution in [0.5, 0.6) is 0 Å². The highest BCUT2D eigenvalue weighted by Gasteiger charge is 2.24. The molecule has 2 rings (SSSR count). The molecule has 0 amide bonds. The van der Waals surface area contributed by atoms with Crippen LogP contribution in [0.25, 0.3) is 0 Å². The van der Waals surface area contributed by atoms with E-state index in [2.05, 4.69) is 30.9 Å². The zero-order chi connectivity index (χ0) is 9.10. The molecule has 0 radical (unpaired) electrons. The number of likely N-dealkylation sites (tertiary alicyclic amines) is 1. The number of rotatable bonds is 1. The first-order valence-electron chi connectivity index (χ1n) is 5.51. The minimum absolute atomic E-state index is 0.909. The summed E-state index contributed by atoms with van der Waals surface area (Å²) in [6.07, 6.45) is 7.11. The van der Waals surface area contributed by atoms with Crippen molar-refractivity contribution in [2.45, 2.75) is 38.1 Å². The van der Waals surface area contributed by atoms with Crippen molar-refractivity contribution < 1.29 is 0 Å². The first-order chi connectivity index (χ1) is 6.36. The van der Waals surface area contributed by atoms with Crippen LogP contribution in [0.2, 0.25) is 0 Å². The van der Waals surface area contributed by atoms with E-state index in [4.69, 9.17) is 0 Å². The van der Waals surface area contributed by atoms with Crippen molar-refractivity contribution in [2.24, 2.45) is 0 Å². The van der Waals surface area contributed by atoms with Gasteiger partial charge in [-0.3, -0.25) is 0 Å². The quantitative estimate of drug-likeness (QED) is 0.541. The van der Waals surface area contributed by atoms with Gasteiger partial charge >= 0.3 is 0 Å². The summed E-state index contributed by atoms with van der Waals surface area (Å²) in [7, 11) is 0. The predicted octanol–water partition coefficient (Wildman–Crippen LogP) is 2.29. The second-order valence-corrected chi connectivity index (χ2v) is 5.60. The van der Waals surface area contributed by atoms with Crippen molar-refractivity contribution in [1.29, 1.82) is 0 Å². The Morgan fingerprint density at radius 2 is 1.46 bits per heavy atom. The Kier molecular flexibility index (Phi) is 3.86. The highest BCUT2D eigenvalue weighted by atomic mass is 127. The minimum Gasteiger partial charge on any atom is -0.300 e. The van der Waals surface area contributed by atoms with E-state index in [9.17, 15) is 0 Å². The molecule has 2 nitrogen and oxygen atoms in total. The molecule has 0 aromatic carbocycles. The fourth-order valence-corrected chi connectivity index (χ4v) is 3.04. The lowest BCUT2D eigenvalue weighted by atomic mass is 10.0. The normalized spacial score (nSPS) is 29.3. The second-order valence-electron chi connectivity index (χ2n) is 4.24. The summed E-state index contributed by atoms with van der Waals surface area (Å²) >= 11 is 2.45. The number of nitrogens with zero attached hydrogens (tertiary/aromatic N) is 2. The lowest BCUT2D eigenvalue weighted by molar-refractivity contribution is 0.124. The van der Waals surface area contributed by atoms with Gasteiger partial charge < -0.3 is 4.90 Å². The van der Waals surface area contributed by atoms with E-state index in [1.54, 1.807) is 0 Å². The Bertz CT molecular complexity index is 149. The molecule has 2 heterocycles. The Morgan fingerprint density at radius 3 is 2.08 bits per heavy atom. The SMILES string of the molecule is IN1CCC(N2CCCCC2)CC1. The van der Waals surface area contributed by atoms with E-state index in [1.807, 2.05) is 0 Å². The average Bonchev–Trinajstić information content (AvgIpc) is 2.20. The summed E-state index contributed by atoms with van der Waals surface area (Å²) in [5.41, 5.74) is 0. The van der Waals surface area contributed by atoms with E-state index in [0.29, 0.717) is 0 Å². The Morgan fingerprint density at radius 1 is 0.846 bits per heavy atom. The van der Waals surface area contributed by atoms with Gasteiger partial charge in [-0.1, -0.05) is 6.42 Å². The highest BCUT2D eigenvalue weighted by Crippen LogP contribution is 2.21. The first-order valence-corrected chi connectivity index (χ1v) is 6.47. The number of halogens is 1. The molecule has 0 spiro atoms. The molecule has 0 atom stereocenters. The maximum Gasteiger partial charge on any atom is 0.0201 e. The maximum absolute atomic E-state index is 2.73. The van der Waals surface area contributed by atoms with Crippen LogP contribution >= 0.6 is 22.9 Å². The fraction of sp³-hybridized carbons (Fsp3) is 1.00. The Labute approximate surface area is 95.2 Å². The van der Waals surface area contributed by atoms with Gasteiger partial charge in [-0.15, -0.1) is 0 Å². The van der Waals surface area contributed by atoms with Gasteiger partial charge in [0.15, 0.2) is 0 Å². The largest absolute Gasteiger partial charge is 0.300 e. The molecule has 0 aromatic heterocycles. The molecule has 0 bridgehead atoms. The second kappa shape index (κ2) is 4.94. The monoisotopic (exact) mass is 294 g/mol.